The van der Waals surface area contributed by atoms with Gasteiger partial charge in [0.1, 0.15) is 4.75 Å². The molecule has 0 aliphatic rings. The molecule has 136 valence electrons. The molecule has 0 bridgehead atoms. The number of esters is 1. The number of hydrogen-bond donors (Lipinski definition) is 1. The van der Waals surface area contributed by atoms with Crippen molar-refractivity contribution in [2.24, 2.45) is 0 Å². The summed E-state index contributed by atoms with van der Waals surface area (Å²) in [7, 11) is 1.17. The van der Waals surface area contributed by atoms with E-state index in [2.05, 4.69) is 9.46 Å². The lowest BCUT2D eigenvalue weighted by molar-refractivity contribution is -0.141. The molecular formula is C15H19ClF3NO3S. The summed E-state index contributed by atoms with van der Waals surface area (Å²) in [5, 5.41) is -0.127. The van der Waals surface area contributed by atoms with E-state index in [4.69, 9.17) is 11.6 Å². The fourth-order valence-electron chi connectivity index (χ4n) is 1.76. The van der Waals surface area contributed by atoms with Crippen molar-refractivity contribution < 1.29 is 27.3 Å². The molecule has 0 unspecified atom stereocenters. The fraction of sp³-hybridized carbons (Fsp3) is 0.533. The van der Waals surface area contributed by atoms with Crippen LogP contribution >= 0.6 is 11.6 Å². The van der Waals surface area contributed by atoms with Crippen LogP contribution in [0.5, 0.6) is 0 Å². The molecule has 4 nitrogen and oxygen atoms in total. The van der Waals surface area contributed by atoms with E-state index in [1.54, 1.807) is 20.8 Å². The van der Waals surface area contributed by atoms with Crippen LogP contribution in [0.25, 0.3) is 0 Å². The van der Waals surface area contributed by atoms with Crippen LogP contribution in [0.1, 0.15) is 44.4 Å². The Labute approximate surface area is 147 Å². The van der Waals surface area contributed by atoms with Gasteiger partial charge in [-0.2, -0.15) is 13.2 Å². The highest BCUT2D eigenvalue weighted by Gasteiger charge is 2.34. The Balaban J connectivity index is 3.23. The van der Waals surface area contributed by atoms with Gasteiger partial charge in [-0.05, 0) is 44.5 Å². The van der Waals surface area contributed by atoms with Crippen LogP contribution < -0.4 is 4.72 Å². The van der Waals surface area contributed by atoms with Crippen molar-refractivity contribution >= 4 is 28.9 Å². The lowest BCUT2D eigenvalue weighted by Crippen LogP contribution is -2.42. The average Bonchev–Trinajstić information content (AvgIpc) is 2.43. The van der Waals surface area contributed by atoms with Gasteiger partial charge in [-0.3, -0.25) is 4.79 Å². The van der Waals surface area contributed by atoms with E-state index in [9.17, 15) is 22.5 Å². The lowest BCUT2D eigenvalue weighted by Gasteiger charge is -2.28. The molecule has 1 rings (SSSR count). The number of halogens is 4. The Bertz CT molecular complexity index is 590. The van der Waals surface area contributed by atoms with E-state index < -0.39 is 39.9 Å². The second-order valence-electron chi connectivity index (χ2n) is 6.10. The third-order valence-corrected chi connectivity index (χ3v) is 4.88. The zero-order chi connectivity index (χ0) is 18.7. The summed E-state index contributed by atoms with van der Waals surface area (Å²) in [6.07, 6.45) is -4.87. The number of nitrogens with one attached hydrogen (secondary N) is 1. The first kappa shape index (κ1) is 21.1. The maximum Gasteiger partial charge on any atom is 0.416 e. The number of ether oxygens (including phenoxy) is 1. The third kappa shape index (κ3) is 6.16. The first-order valence-electron chi connectivity index (χ1n) is 6.97. The van der Waals surface area contributed by atoms with E-state index in [0.717, 1.165) is 12.1 Å². The highest BCUT2D eigenvalue weighted by molar-refractivity contribution is 7.90. The molecule has 0 spiro atoms. The molecule has 24 heavy (non-hydrogen) atoms. The summed E-state index contributed by atoms with van der Waals surface area (Å²) in [5.41, 5.74) is -0.832. The van der Waals surface area contributed by atoms with Gasteiger partial charge < -0.3 is 9.29 Å². The minimum absolute atomic E-state index is 0.109. The van der Waals surface area contributed by atoms with E-state index in [1.807, 2.05) is 0 Å². The number of carbonyl (C=O) groups excluding carboxylic acids is 1. The second-order valence-corrected chi connectivity index (χ2v) is 8.54. The van der Waals surface area contributed by atoms with Gasteiger partial charge in [0.25, 0.3) is 0 Å². The molecule has 0 saturated carbocycles. The van der Waals surface area contributed by atoms with Gasteiger partial charge in [-0.25, -0.2) is 0 Å². The first-order valence-corrected chi connectivity index (χ1v) is 8.50. The van der Waals surface area contributed by atoms with E-state index in [0.29, 0.717) is 0 Å². The summed E-state index contributed by atoms with van der Waals surface area (Å²) >= 11 is 4.17. The van der Waals surface area contributed by atoms with Crippen molar-refractivity contribution in [3.8, 4) is 0 Å². The molecule has 0 amide bonds. The number of benzene rings is 1. The molecule has 0 heterocycles. The van der Waals surface area contributed by atoms with Crippen molar-refractivity contribution in [2.45, 2.75) is 44.2 Å². The Kier molecular flexibility index (Phi) is 6.98. The predicted octanol–water partition coefficient (Wildman–Crippen LogP) is 4.01. The molecule has 1 aromatic carbocycles. The summed E-state index contributed by atoms with van der Waals surface area (Å²) in [6, 6.07) is 2.04. The van der Waals surface area contributed by atoms with Crippen molar-refractivity contribution in [1.82, 2.24) is 4.72 Å². The van der Waals surface area contributed by atoms with E-state index in [1.165, 1.54) is 13.2 Å². The quantitative estimate of drug-likeness (QED) is 0.614. The molecule has 0 aliphatic heterocycles. The Morgan fingerprint density at radius 2 is 1.92 bits per heavy atom. The first-order chi connectivity index (χ1) is 10.8. The Hall–Kier alpha value is -0.960. The van der Waals surface area contributed by atoms with Crippen LogP contribution in [0.4, 0.5) is 13.2 Å². The van der Waals surface area contributed by atoms with E-state index >= 15 is 0 Å². The van der Waals surface area contributed by atoms with Gasteiger partial charge >= 0.3 is 12.1 Å². The van der Waals surface area contributed by atoms with Gasteiger partial charge in [0.2, 0.25) is 0 Å². The van der Waals surface area contributed by atoms with Gasteiger partial charge in [0.05, 0.1) is 25.1 Å². The van der Waals surface area contributed by atoms with Crippen LogP contribution in [-0.2, 0) is 27.1 Å². The maximum atomic E-state index is 13.0. The van der Waals surface area contributed by atoms with Crippen LogP contribution in [0.15, 0.2) is 18.2 Å². The maximum absolute atomic E-state index is 13.0. The van der Waals surface area contributed by atoms with Gasteiger partial charge in [0, 0.05) is 16.4 Å². The number of alkyl halides is 3. The molecule has 0 radical (unpaired) electrons. The van der Waals surface area contributed by atoms with Gasteiger partial charge in [0.15, 0.2) is 0 Å². The van der Waals surface area contributed by atoms with Crippen LogP contribution in [0, 0.1) is 0 Å². The summed E-state index contributed by atoms with van der Waals surface area (Å²) in [4.78, 5) is 11.6. The van der Waals surface area contributed by atoms with Gasteiger partial charge in [-0.1, -0.05) is 11.6 Å². The van der Waals surface area contributed by atoms with E-state index in [-0.39, 0.29) is 17.0 Å². The number of carbonyl (C=O) groups is 1. The Morgan fingerprint density at radius 1 is 1.33 bits per heavy atom. The smallest absolute Gasteiger partial charge is 0.416 e. The van der Waals surface area contributed by atoms with Crippen molar-refractivity contribution in [3.63, 3.8) is 0 Å². The molecule has 1 aromatic rings. The zero-order valence-electron chi connectivity index (χ0n) is 13.7. The second kappa shape index (κ2) is 7.95. The largest absolute Gasteiger partial charge is 0.598 e. The van der Waals surface area contributed by atoms with Crippen LogP contribution in [-0.4, -0.2) is 22.4 Å². The highest BCUT2D eigenvalue weighted by atomic mass is 35.5. The Morgan fingerprint density at radius 3 is 2.38 bits per heavy atom. The summed E-state index contributed by atoms with van der Waals surface area (Å²) in [5.74, 6) is -0.646. The average molecular weight is 386 g/mol. The van der Waals surface area contributed by atoms with Gasteiger partial charge in [-0.15, -0.1) is 4.72 Å². The summed E-state index contributed by atoms with van der Waals surface area (Å²) in [6.45, 7) is 5.10. The number of rotatable bonds is 5. The number of methoxy groups -OCH3 is 1. The van der Waals surface area contributed by atoms with Crippen molar-refractivity contribution in [1.29, 1.82) is 0 Å². The normalized spacial score (nSPS) is 15.0. The molecule has 2 atom stereocenters. The minimum atomic E-state index is -4.58. The topological polar surface area (TPSA) is 61.4 Å². The molecule has 0 saturated heterocycles. The zero-order valence-corrected chi connectivity index (χ0v) is 15.2. The van der Waals surface area contributed by atoms with Crippen LogP contribution in [0.2, 0.25) is 5.02 Å². The minimum Gasteiger partial charge on any atom is -0.598 e. The van der Waals surface area contributed by atoms with Crippen molar-refractivity contribution in [2.75, 3.05) is 7.11 Å². The highest BCUT2D eigenvalue weighted by Crippen LogP contribution is 2.34. The molecule has 1 N–H and O–H groups in total. The SMILES string of the molecule is COC(=O)C[C@H](N[S@+]([O-])C(C)(C)C)c1cc(Cl)cc(C(F)(F)F)c1. The van der Waals surface area contributed by atoms with Crippen LogP contribution in [0.3, 0.4) is 0 Å². The third-order valence-electron chi connectivity index (χ3n) is 3.05. The summed E-state index contributed by atoms with van der Waals surface area (Å²) < 4.78 is 57.7. The predicted molar refractivity (Wildman–Crippen MR) is 86.9 cm³/mol. The lowest BCUT2D eigenvalue weighted by atomic mass is 10.0. The van der Waals surface area contributed by atoms with Crippen molar-refractivity contribution in [3.05, 3.63) is 34.3 Å². The molecule has 0 fully saturated rings. The molecular weight excluding hydrogens is 367 g/mol. The standard InChI is InChI=1S/C15H19ClF3NO3S/c1-14(2,3)24(22)20-12(8-13(21)23-4)9-5-10(15(17,18)19)7-11(16)6-9/h5-7,12,20H,8H2,1-4H3/t12-,24+/m0/s1. The monoisotopic (exact) mass is 385 g/mol. The molecule has 9 heteroatoms. The fourth-order valence-corrected chi connectivity index (χ4v) is 2.84. The number of hydrogen-bond acceptors (Lipinski definition) is 4. The molecule has 0 aliphatic carbocycles. The molecule has 0 aromatic heterocycles.